The van der Waals surface area contributed by atoms with Crippen LogP contribution in [0.25, 0.3) is 0 Å². The van der Waals surface area contributed by atoms with Gasteiger partial charge < -0.3 is 9.47 Å². The average Bonchev–Trinajstić information content (AvgIpc) is 2.54. The number of rotatable bonds is 7. The van der Waals surface area contributed by atoms with E-state index in [2.05, 4.69) is 10.5 Å². The third-order valence-electron chi connectivity index (χ3n) is 2.82. The minimum Gasteiger partial charge on any atom is -0.491 e. The molecule has 1 amide bonds. The number of nitrogens with zero attached hydrogens (tertiary/aromatic N) is 1. The van der Waals surface area contributed by atoms with Gasteiger partial charge in [-0.1, -0.05) is 23.7 Å². The molecule has 24 heavy (non-hydrogen) atoms. The highest BCUT2D eigenvalue weighted by Crippen LogP contribution is 2.15. The van der Waals surface area contributed by atoms with Gasteiger partial charge in [-0.25, -0.2) is 5.43 Å². The number of ether oxygens (including phenoxy) is 2. The molecule has 0 radical (unpaired) electrons. The molecule has 0 fully saturated rings. The van der Waals surface area contributed by atoms with Crippen molar-refractivity contribution < 1.29 is 14.3 Å². The van der Waals surface area contributed by atoms with Crippen LogP contribution in [-0.4, -0.2) is 24.8 Å². The topological polar surface area (TPSA) is 59.9 Å². The van der Waals surface area contributed by atoms with E-state index in [-0.39, 0.29) is 18.6 Å². The molecule has 0 aliphatic rings. The van der Waals surface area contributed by atoms with Gasteiger partial charge in [0, 0.05) is 5.02 Å². The van der Waals surface area contributed by atoms with Crippen molar-refractivity contribution in [1.29, 1.82) is 0 Å². The first-order valence-electron chi connectivity index (χ1n) is 7.50. The lowest BCUT2D eigenvalue weighted by Gasteiger charge is -2.09. The van der Waals surface area contributed by atoms with Crippen molar-refractivity contribution in [2.75, 3.05) is 6.61 Å². The van der Waals surface area contributed by atoms with E-state index in [0.717, 1.165) is 11.3 Å². The zero-order chi connectivity index (χ0) is 17.4. The fourth-order valence-electron chi connectivity index (χ4n) is 1.83. The molecular weight excluding hydrogens is 328 g/mol. The molecule has 0 saturated carbocycles. The maximum absolute atomic E-state index is 11.7. The Labute approximate surface area is 146 Å². The van der Waals surface area contributed by atoms with Gasteiger partial charge in [0.15, 0.2) is 6.61 Å². The molecule has 6 heteroatoms. The third-order valence-corrected chi connectivity index (χ3v) is 3.07. The maximum atomic E-state index is 11.7. The van der Waals surface area contributed by atoms with Crippen LogP contribution in [0.15, 0.2) is 53.6 Å². The molecule has 0 bridgehead atoms. The second kappa shape index (κ2) is 8.93. The summed E-state index contributed by atoms with van der Waals surface area (Å²) in [6.07, 6.45) is 1.65. The van der Waals surface area contributed by atoms with Gasteiger partial charge in [0.05, 0.1) is 12.3 Å². The minimum absolute atomic E-state index is 0.0990. The number of hydrogen-bond donors (Lipinski definition) is 1. The Balaban J connectivity index is 1.80. The largest absolute Gasteiger partial charge is 0.491 e. The molecular formula is C18H19ClN2O3. The van der Waals surface area contributed by atoms with Crippen LogP contribution in [0, 0.1) is 0 Å². The Morgan fingerprint density at radius 1 is 1.21 bits per heavy atom. The normalized spacial score (nSPS) is 10.8. The molecule has 0 heterocycles. The standard InChI is InChI=1S/C18H19ClN2O3/c1-13(2)24-17-5-3-4-14(10-17)11-20-21-18(22)12-23-16-8-6-15(19)7-9-16/h3-11,13H,12H2,1-2H3,(H,21,22)/b20-11-. The molecule has 0 saturated heterocycles. The zero-order valence-corrected chi connectivity index (χ0v) is 14.3. The summed E-state index contributed by atoms with van der Waals surface area (Å²) in [4.78, 5) is 11.7. The number of hydrazone groups is 1. The van der Waals surface area contributed by atoms with Crippen molar-refractivity contribution in [3.8, 4) is 11.5 Å². The number of carbonyl (C=O) groups is 1. The summed E-state index contributed by atoms with van der Waals surface area (Å²) in [6.45, 7) is 3.79. The van der Waals surface area contributed by atoms with E-state index in [4.69, 9.17) is 21.1 Å². The van der Waals surface area contributed by atoms with Gasteiger partial charge >= 0.3 is 0 Å². The van der Waals surface area contributed by atoms with Gasteiger partial charge in [0.25, 0.3) is 5.91 Å². The second-order valence-corrected chi connectivity index (χ2v) is 5.71. The van der Waals surface area contributed by atoms with Gasteiger partial charge in [-0.05, 0) is 55.8 Å². The van der Waals surface area contributed by atoms with E-state index in [1.165, 1.54) is 0 Å². The highest BCUT2D eigenvalue weighted by molar-refractivity contribution is 6.30. The van der Waals surface area contributed by atoms with Gasteiger partial charge in [-0.15, -0.1) is 0 Å². The Morgan fingerprint density at radius 2 is 1.96 bits per heavy atom. The molecule has 0 atom stereocenters. The highest BCUT2D eigenvalue weighted by Gasteiger charge is 2.02. The van der Waals surface area contributed by atoms with Crippen molar-refractivity contribution in [2.24, 2.45) is 5.10 Å². The summed E-state index contributed by atoms with van der Waals surface area (Å²) in [7, 11) is 0. The first kappa shape index (κ1) is 17.8. The fraction of sp³-hybridized carbons (Fsp3) is 0.222. The average molecular weight is 347 g/mol. The number of halogens is 1. The Bertz CT molecular complexity index is 700. The number of benzene rings is 2. The lowest BCUT2D eigenvalue weighted by Crippen LogP contribution is -2.24. The Hall–Kier alpha value is -2.53. The number of nitrogens with one attached hydrogen (secondary N) is 1. The van der Waals surface area contributed by atoms with Crippen LogP contribution < -0.4 is 14.9 Å². The van der Waals surface area contributed by atoms with E-state index in [1.807, 2.05) is 38.1 Å². The number of amides is 1. The fourth-order valence-corrected chi connectivity index (χ4v) is 1.96. The summed E-state index contributed by atoms with van der Waals surface area (Å²) in [5, 5.41) is 4.52. The van der Waals surface area contributed by atoms with Crippen LogP contribution in [0.3, 0.4) is 0 Å². The quantitative estimate of drug-likeness (QED) is 0.615. The van der Waals surface area contributed by atoms with Crippen molar-refractivity contribution in [3.05, 3.63) is 59.1 Å². The maximum Gasteiger partial charge on any atom is 0.277 e. The third kappa shape index (κ3) is 6.30. The first-order chi connectivity index (χ1) is 11.5. The van der Waals surface area contributed by atoms with Gasteiger partial charge in [0.2, 0.25) is 0 Å². The summed E-state index contributed by atoms with van der Waals surface area (Å²) in [6, 6.07) is 14.2. The molecule has 0 unspecified atom stereocenters. The van der Waals surface area contributed by atoms with Crippen molar-refractivity contribution in [3.63, 3.8) is 0 Å². The number of carbonyl (C=O) groups excluding carboxylic acids is 1. The number of hydrogen-bond acceptors (Lipinski definition) is 4. The summed E-state index contributed by atoms with van der Waals surface area (Å²) in [5.74, 6) is 0.971. The van der Waals surface area contributed by atoms with Crippen molar-refractivity contribution >= 4 is 23.7 Å². The van der Waals surface area contributed by atoms with Crippen molar-refractivity contribution in [2.45, 2.75) is 20.0 Å². The lowest BCUT2D eigenvalue weighted by atomic mass is 10.2. The van der Waals surface area contributed by atoms with Crippen LogP contribution in [0.4, 0.5) is 0 Å². The Morgan fingerprint density at radius 3 is 2.67 bits per heavy atom. The van der Waals surface area contributed by atoms with E-state index < -0.39 is 0 Å². The summed E-state index contributed by atoms with van der Waals surface area (Å²) >= 11 is 5.78. The monoisotopic (exact) mass is 346 g/mol. The van der Waals surface area contributed by atoms with E-state index in [1.54, 1.807) is 30.5 Å². The van der Waals surface area contributed by atoms with Gasteiger partial charge in [-0.3, -0.25) is 4.79 Å². The summed E-state index contributed by atoms with van der Waals surface area (Å²) < 4.78 is 10.9. The van der Waals surface area contributed by atoms with Gasteiger partial charge in [0.1, 0.15) is 11.5 Å². The molecule has 0 aliphatic heterocycles. The molecule has 126 valence electrons. The molecule has 0 aromatic heterocycles. The molecule has 2 aromatic rings. The first-order valence-corrected chi connectivity index (χ1v) is 7.88. The van der Waals surface area contributed by atoms with Crippen LogP contribution >= 0.6 is 11.6 Å². The summed E-state index contributed by atoms with van der Waals surface area (Å²) in [5.41, 5.74) is 3.24. The van der Waals surface area contributed by atoms with Gasteiger partial charge in [-0.2, -0.15) is 5.10 Å². The smallest absolute Gasteiger partial charge is 0.277 e. The molecule has 2 aromatic carbocycles. The van der Waals surface area contributed by atoms with Crippen LogP contribution in [0.1, 0.15) is 19.4 Å². The van der Waals surface area contributed by atoms with Crippen LogP contribution in [-0.2, 0) is 4.79 Å². The van der Waals surface area contributed by atoms with Crippen LogP contribution in [0.2, 0.25) is 5.02 Å². The molecule has 1 N–H and O–H groups in total. The molecule has 5 nitrogen and oxygen atoms in total. The van der Waals surface area contributed by atoms with Crippen LogP contribution in [0.5, 0.6) is 11.5 Å². The van der Waals surface area contributed by atoms with E-state index in [0.29, 0.717) is 10.8 Å². The molecule has 2 rings (SSSR count). The SMILES string of the molecule is CC(C)Oc1cccc(/C=N\NC(=O)COc2ccc(Cl)cc2)c1. The van der Waals surface area contributed by atoms with Crippen molar-refractivity contribution in [1.82, 2.24) is 5.43 Å². The predicted molar refractivity (Wildman–Crippen MR) is 94.9 cm³/mol. The van der Waals surface area contributed by atoms with E-state index in [9.17, 15) is 4.79 Å². The lowest BCUT2D eigenvalue weighted by molar-refractivity contribution is -0.123. The zero-order valence-electron chi connectivity index (χ0n) is 13.5. The molecule has 0 aliphatic carbocycles. The van der Waals surface area contributed by atoms with E-state index >= 15 is 0 Å². The predicted octanol–water partition coefficient (Wildman–Crippen LogP) is 3.66. The second-order valence-electron chi connectivity index (χ2n) is 5.27. The Kier molecular flexibility index (Phi) is 6.63. The minimum atomic E-state index is -0.351. The highest BCUT2D eigenvalue weighted by atomic mass is 35.5. The molecule has 0 spiro atoms.